The molecule has 0 amide bonds. The number of nitrogens with one attached hydrogen (secondary N) is 1. The van der Waals surface area contributed by atoms with E-state index in [2.05, 4.69) is 10.2 Å². The summed E-state index contributed by atoms with van der Waals surface area (Å²) < 4.78 is 13.4. The van der Waals surface area contributed by atoms with Crippen LogP contribution in [0.4, 0.5) is 4.39 Å². The number of aliphatic hydroxyl groups is 1. The van der Waals surface area contributed by atoms with Crippen molar-refractivity contribution >= 4 is 0 Å². The van der Waals surface area contributed by atoms with Crippen molar-refractivity contribution in [2.75, 3.05) is 26.2 Å². The lowest BCUT2D eigenvalue weighted by Gasteiger charge is -2.19. The van der Waals surface area contributed by atoms with Crippen molar-refractivity contribution < 1.29 is 9.50 Å². The molecule has 1 atom stereocenters. The van der Waals surface area contributed by atoms with Crippen molar-refractivity contribution in [3.8, 4) is 0 Å². The molecule has 1 aromatic carbocycles. The van der Waals surface area contributed by atoms with Crippen LogP contribution in [0.5, 0.6) is 0 Å². The molecule has 0 radical (unpaired) electrons. The van der Waals surface area contributed by atoms with Gasteiger partial charge in [0.05, 0.1) is 6.10 Å². The van der Waals surface area contributed by atoms with Gasteiger partial charge in [-0.2, -0.15) is 0 Å². The minimum absolute atomic E-state index is 0.170. The Balaban J connectivity index is 1.68. The van der Waals surface area contributed by atoms with Crippen LogP contribution in [0.15, 0.2) is 18.2 Å². The van der Waals surface area contributed by atoms with Crippen LogP contribution in [0.3, 0.4) is 0 Å². The normalized spacial score (nSPS) is 17.8. The van der Waals surface area contributed by atoms with Crippen molar-refractivity contribution in [1.82, 2.24) is 10.2 Å². The molecule has 0 spiro atoms. The van der Waals surface area contributed by atoms with E-state index < -0.39 is 0 Å². The Morgan fingerprint density at radius 2 is 2.11 bits per heavy atom. The van der Waals surface area contributed by atoms with Crippen LogP contribution in [0.1, 0.15) is 24.0 Å². The number of hydrogen-bond donors (Lipinski definition) is 2. The maximum Gasteiger partial charge on any atom is 0.126 e. The number of β-amino-alcohol motifs (C(OH)–C–C–N with tert-alkyl or cyclic N) is 1. The van der Waals surface area contributed by atoms with Gasteiger partial charge in [0.2, 0.25) is 0 Å². The Hall–Kier alpha value is -0.970. The van der Waals surface area contributed by atoms with E-state index >= 15 is 0 Å². The van der Waals surface area contributed by atoms with Gasteiger partial charge in [-0.3, -0.25) is 0 Å². The zero-order valence-electron chi connectivity index (χ0n) is 11.5. The largest absolute Gasteiger partial charge is 0.390 e. The second-order valence-electron chi connectivity index (χ2n) is 5.38. The first-order valence-corrected chi connectivity index (χ1v) is 7.01. The van der Waals surface area contributed by atoms with E-state index in [-0.39, 0.29) is 11.9 Å². The number of likely N-dealkylation sites (tertiary alicyclic amines) is 1. The van der Waals surface area contributed by atoms with E-state index in [0.717, 1.165) is 25.2 Å². The quantitative estimate of drug-likeness (QED) is 0.822. The highest BCUT2D eigenvalue weighted by atomic mass is 19.1. The summed E-state index contributed by atoms with van der Waals surface area (Å²) >= 11 is 0. The summed E-state index contributed by atoms with van der Waals surface area (Å²) in [6, 6.07) is 5.25. The maximum atomic E-state index is 13.4. The molecular weight excluding hydrogens is 243 g/mol. The molecule has 1 aliphatic heterocycles. The van der Waals surface area contributed by atoms with E-state index in [4.69, 9.17) is 0 Å². The van der Waals surface area contributed by atoms with Crippen LogP contribution in [-0.2, 0) is 6.54 Å². The van der Waals surface area contributed by atoms with Crippen molar-refractivity contribution in [2.45, 2.75) is 32.4 Å². The van der Waals surface area contributed by atoms with E-state index in [9.17, 15) is 9.50 Å². The van der Waals surface area contributed by atoms with Crippen LogP contribution in [0.2, 0.25) is 0 Å². The minimum Gasteiger partial charge on any atom is -0.390 e. The average Bonchev–Trinajstić information content (AvgIpc) is 2.86. The van der Waals surface area contributed by atoms with Crippen molar-refractivity contribution in [3.63, 3.8) is 0 Å². The zero-order chi connectivity index (χ0) is 13.7. The average molecular weight is 266 g/mol. The van der Waals surface area contributed by atoms with Crippen LogP contribution < -0.4 is 5.32 Å². The summed E-state index contributed by atoms with van der Waals surface area (Å²) in [5, 5.41) is 13.1. The lowest BCUT2D eigenvalue weighted by molar-refractivity contribution is 0.123. The molecular formula is C15H23FN2O. The van der Waals surface area contributed by atoms with Gasteiger partial charge in [0, 0.05) is 19.6 Å². The monoisotopic (exact) mass is 266 g/mol. The van der Waals surface area contributed by atoms with E-state index in [1.54, 1.807) is 19.1 Å². The first-order chi connectivity index (χ1) is 9.15. The first-order valence-electron chi connectivity index (χ1n) is 7.01. The lowest BCUT2D eigenvalue weighted by Crippen LogP contribution is -2.36. The van der Waals surface area contributed by atoms with Gasteiger partial charge in [-0.1, -0.05) is 12.1 Å². The van der Waals surface area contributed by atoms with Gasteiger partial charge in [0.1, 0.15) is 5.82 Å². The standard InChI is InChI=1S/C15H23FN2O/c1-12-4-5-13(8-15(12)16)9-17-10-14(19)11-18-6-2-3-7-18/h4-5,8,14,17,19H,2-3,6-7,9-11H2,1H3. The Kier molecular flexibility index (Phi) is 5.31. The van der Waals surface area contributed by atoms with Gasteiger partial charge in [0.25, 0.3) is 0 Å². The fourth-order valence-corrected chi connectivity index (χ4v) is 2.46. The van der Waals surface area contributed by atoms with E-state index in [1.807, 2.05) is 6.07 Å². The fraction of sp³-hybridized carbons (Fsp3) is 0.600. The van der Waals surface area contributed by atoms with Gasteiger partial charge < -0.3 is 15.3 Å². The van der Waals surface area contributed by atoms with E-state index in [0.29, 0.717) is 18.7 Å². The second-order valence-corrected chi connectivity index (χ2v) is 5.38. The van der Waals surface area contributed by atoms with Gasteiger partial charge in [0.15, 0.2) is 0 Å². The van der Waals surface area contributed by atoms with Crippen LogP contribution in [-0.4, -0.2) is 42.3 Å². The highest BCUT2D eigenvalue weighted by Crippen LogP contribution is 2.09. The van der Waals surface area contributed by atoms with Crippen LogP contribution in [0.25, 0.3) is 0 Å². The number of aliphatic hydroxyl groups excluding tert-OH is 1. The first kappa shape index (κ1) is 14.4. The number of rotatable bonds is 6. The molecule has 106 valence electrons. The smallest absolute Gasteiger partial charge is 0.126 e. The molecule has 0 saturated carbocycles. The Morgan fingerprint density at radius 3 is 2.79 bits per heavy atom. The SMILES string of the molecule is Cc1ccc(CNCC(O)CN2CCCC2)cc1F. The van der Waals surface area contributed by atoms with Crippen molar-refractivity contribution in [2.24, 2.45) is 0 Å². The summed E-state index contributed by atoms with van der Waals surface area (Å²) in [4.78, 5) is 2.29. The maximum absolute atomic E-state index is 13.4. The summed E-state index contributed by atoms with van der Waals surface area (Å²) in [6.45, 7) is 5.82. The predicted octanol–water partition coefficient (Wildman–Crippen LogP) is 1.68. The van der Waals surface area contributed by atoms with E-state index in [1.165, 1.54) is 12.8 Å². The van der Waals surface area contributed by atoms with Crippen LogP contribution in [0, 0.1) is 12.7 Å². The molecule has 1 aliphatic rings. The molecule has 1 unspecified atom stereocenters. The molecule has 1 aromatic rings. The molecule has 19 heavy (non-hydrogen) atoms. The number of aryl methyl sites for hydroxylation is 1. The molecule has 0 bridgehead atoms. The lowest BCUT2D eigenvalue weighted by atomic mass is 10.1. The topological polar surface area (TPSA) is 35.5 Å². The molecule has 1 heterocycles. The molecule has 4 heteroatoms. The van der Waals surface area contributed by atoms with Crippen molar-refractivity contribution in [1.29, 1.82) is 0 Å². The third kappa shape index (κ3) is 4.56. The minimum atomic E-state index is -0.353. The van der Waals surface area contributed by atoms with Gasteiger partial charge in [-0.05, 0) is 50.0 Å². The molecule has 0 aromatic heterocycles. The molecule has 0 aliphatic carbocycles. The summed E-state index contributed by atoms with van der Waals surface area (Å²) in [6.07, 6.45) is 2.12. The molecule has 1 fully saturated rings. The number of hydrogen-bond acceptors (Lipinski definition) is 3. The second kappa shape index (κ2) is 6.98. The third-order valence-corrected chi connectivity index (χ3v) is 3.61. The van der Waals surface area contributed by atoms with Gasteiger partial charge in [-0.15, -0.1) is 0 Å². The number of halogens is 1. The highest BCUT2D eigenvalue weighted by molar-refractivity contribution is 5.23. The number of nitrogens with zero attached hydrogens (tertiary/aromatic N) is 1. The van der Waals surface area contributed by atoms with Crippen LogP contribution >= 0.6 is 0 Å². The number of benzene rings is 1. The van der Waals surface area contributed by atoms with Gasteiger partial charge >= 0.3 is 0 Å². The molecule has 3 nitrogen and oxygen atoms in total. The predicted molar refractivity (Wildman–Crippen MR) is 74.5 cm³/mol. The Morgan fingerprint density at radius 1 is 1.37 bits per heavy atom. The fourth-order valence-electron chi connectivity index (χ4n) is 2.46. The molecule has 2 N–H and O–H groups in total. The Labute approximate surface area is 114 Å². The van der Waals surface area contributed by atoms with Gasteiger partial charge in [-0.25, -0.2) is 4.39 Å². The molecule has 2 rings (SSSR count). The van der Waals surface area contributed by atoms with Crippen molar-refractivity contribution in [3.05, 3.63) is 35.1 Å². The third-order valence-electron chi connectivity index (χ3n) is 3.61. The summed E-state index contributed by atoms with van der Waals surface area (Å²) in [5.41, 5.74) is 1.58. The summed E-state index contributed by atoms with van der Waals surface area (Å²) in [7, 11) is 0. The summed E-state index contributed by atoms with van der Waals surface area (Å²) in [5.74, 6) is -0.170. The zero-order valence-corrected chi connectivity index (χ0v) is 11.5. The highest BCUT2D eigenvalue weighted by Gasteiger charge is 2.15. The Bertz CT molecular complexity index is 405. The molecule has 1 saturated heterocycles.